The molecule has 2 N–H and O–H groups in total. The van der Waals surface area contributed by atoms with Crippen molar-refractivity contribution in [1.82, 2.24) is 4.98 Å². The molecule has 5 rings (SSSR count). The zero-order valence-corrected chi connectivity index (χ0v) is 21.8. The summed E-state index contributed by atoms with van der Waals surface area (Å²) in [5, 5.41) is 12.2. The lowest BCUT2D eigenvalue weighted by atomic mass is 9.57. The van der Waals surface area contributed by atoms with Gasteiger partial charge in [-0.3, -0.25) is 4.79 Å². The minimum absolute atomic E-state index is 0.0284. The molecule has 3 aromatic rings. The van der Waals surface area contributed by atoms with E-state index in [-0.39, 0.29) is 17.0 Å². The monoisotopic (exact) mass is 497 g/mol. The second kappa shape index (κ2) is 10.0. The number of carbonyl (C=O) groups is 2. The highest BCUT2D eigenvalue weighted by Crippen LogP contribution is 2.51. The van der Waals surface area contributed by atoms with E-state index in [2.05, 4.69) is 48.4 Å². The van der Waals surface area contributed by atoms with E-state index in [4.69, 9.17) is 5.11 Å². The van der Waals surface area contributed by atoms with Crippen LogP contribution in [0, 0.1) is 17.8 Å². The summed E-state index contributed by atoms with van der Waals surface area (Å²) in [6.07, 6.45) is 6.65. The summed E-state index contributed by atoms with van der Waals surface area (Å²) in [5.74, 6) is 1.81. The van der Waals surface area contributed by atoms with Crippen molar-refractivity contribution in [2.75, 3.05) is 17.3 Å². The van der Waals surface area contributed by atoms with Gasteiger partial charge in [-0.25, -0.2) is 9.78 Å². The number of hydrogen-bond donors (Lipinski definition) is 2. The Morgan fingerprint density at radius 2 is 1.59 bits per heavy atom. The van der Waals surface area contributed by atoms with Gasteiger partial charge >= 0.3 is 5.97 Å². The Balaban J connectivity index is 1.25. The van der Waals surface area contributed by atoms with Gasteiger partial charge < -0.3 is 15.3 Å². The van der Waals surface area contributed by atoms with E-state index in [1.807, 2.05) is 0 Å². The second-order valence-corrected chi connectivity index (χ2v) is 11.3. The third-order valence-electron chi connectivity index (χ3n) is 8.25. The van der Waals surface area contributed by atoms with Crippen molar-refractivity contribution in [3.05, 3.63) is 83.6 Å². The summed E-state index contributed by atoms with van der Waals surface area (Å²) in [7, 11) is 1.80. The van der Waals surface area contributed by atoms with Crippen LogP contribution in [0.4, 0.5) is 17.2 Å². The van der Waals surface area contributed by atoms with E-state index in [9.17, 15) is 9.59 Å². The number of fused-ring (bicyclic) bond motifs is 2. The number of benzene rings is 2. The summed E-state index contributed by atoms with van der Waals surface area (Å²) in [4.78, 5) is 30.1. The molecular weight excluding hydrogens is 462 g/mol. The first kappa shape index (κ1) is 25.0. The van der Waals surface area contributed by atoms with E-state index >= 15 is 0 Å². The number of hydrogen-bond acceptors (Lipinski definition) is 4. The molecule has 2 saturated carbocycles. The third-order valence-corrected chi connectivity index (χ3v) is 8.25. The molecule has 2 fully saturated rings. The predicted octanol–water partition coefficient (Wildman–Crippen LogP) is 6.90. The van der Waals surface area contributed by atoms with Crippen molar-refractivity contribution in [2.45, 2.75) is 51.4 Å². The zero-order valence-electron chi connectivity index (χ0n) is 21.8. The number of rotatable bonds is 6. The molecular formula is C31H35N3O3. The Morgan fingerprint density at radius 1 is 0.946 bits per heavy atom. The van der Waals surface area contributed by atoms with Crippen molar-refractivity contribution in [1.29, 1.82) is 0 Å². The first-order valence-corrected chi connectivity index (χ1v) is 13.2. The molecule has 1 heterocycles. The van der Waals surface area contributed by atoms with Gasteiger partial charge in [0.05, 0.1) is 0 Å². The van der Waals surface area contributed by atoms with E-state index < -0.39 is 5.97 Å². The van der Waals surface area contributed by atoms with Gasteiger partial charge in [-0.15, -0.1) is 0 Å². The smallest absolute Gasteiger partial charge is 0.354 e. The SMILES string of the molecule is CC1CC2CC(C1)CC(C)(c1ccc(N(C)C(=O)c3ccc(Nc4cccc(C(=O)O)n4)cc3)cc1)C2. The van der Waals surface area contributed by atoms with Crippen LogP contribution in [-0.4, -0.2) is 29.0 Å². The summed E-state index contributed by atoms with van der Waals surface area (Å²) >= 11 is 0. The van der Waals surface area contributed by atoms with Crippen LogP contribution in [0.25, 0.3) is 0 Å². The molecule has 2 bridgehead atoms. The number of amides is 1. The molecule has 192 valence electrons. The maximum Gasteiger partial charge on any atom is 0.354 e. The second-order valence-electron chi connectivity index (χ2n) is 11.3. The van der Waals surface area contributed by atoms with E-state index in [0.717, 1.165) is 29.1 Å². The number of aromatic nitrogens is 1. The Labute approximate surface area is 218 Å². The van der Waals surface area contributed by atoms with Crippen LogP contribution in [-0.2, 0) is 5.41 Å². The number of nitrogens with one attached hydrogen (secondary N) is 1. The highest BCUT2D eigenvalue weighted by atomic mass is 16.4. The number of anilines is 3. The number of nitrogens with zero attached hydrogens (tertiary/aromatic N) is 2. The van der Waals surface area contributed by atoms with Gasteiger partial charge in [0.1, 0.15) is 5.82 Å². The summed E-state index contributed by atoms with van der Waals surface area (Å²) in [6, 6.07) is 20.5. The molecule has 6 heteroatoms. The van der Waals surface area contributed by atoms with E-state index in [0.29, 0.717) is 11.4 Å². The minimum Gasteiger partial charge on any atom is -0.477 e. The highest BCUT2D eigenvalue weighted by molar-refractivity contribution is 6.05. The van der Waals surface area contributed by atoms with Crippen LogP contribution in [0.2, 0.25) is 0 Å². The molecule has 2 aliphatic carbocycles. The molecule has 0 aliphatic heterocycles. The van der Waals surface area contributed by atoms with Crippen LogP contribution in [0.3, 0.4) is 0 Å². The van der Waals surface area contributed by atoms with Crippen LogP contribution in [0.1, 0.15) is 72.4 Å². The molecule has 2 atom stereocenters. The lowest BCUT2D eigenvalue weighted by Crippen LogP contribution is -2.38. The maximum atomic E-state index is 13.2. The van der Waals surface area contributed by atoms with Crippen molar-refractivity contribution in [3.8, 4) is 0 Å². The standard InChI is InChI=1S/C31H35N3O3/c1-20-15-21-17-22(16-20)19-31(2,18-21)24-9-13-26(14-10-24)34(3)29(35)23-7-11-25(12-8-23)32-28-6-4-5-27(33-28)30(36)37/h4-14,20-22H,15-19H2,1-3H3,(H,32,33)(H,36,37). The normalized spacial score (nSPS) is 24.8. The molecule has 0 radical (unpaired) electrons. The molecule has 0 spiro atoms. The van der Waals surface area contributed by atoms with Crippen LogP contribution >= 0.6 is 0 Å². The van der Waals surface area contributed by atoms with E-state index in [1.54, 1.807) is 48.3 Å². The average molecular weight is 498 g/mol. The third kappa shape index (κ3) is 5.38. The lowest BCUT2D eigenvalue weighted by Gasteiger charge is -2.47. The molecule has 2 aromatic carbocycles. The van der Waals surface area contributed by atoms with Gasteiger partial charge in [-0.05, 0) is 109 Å². The van der Waals surface area contributed by atoms with Crippen molar-refractivity contribution in [3.63, 3.8) is 0 Å². The first-order chi connectivity index (χ1) is 17.7. The predicted molar refractivity (Wildman–Crippen MR) is 147 cm³/mol. The molecule has 0 saturated heterocycles. The largest absolute Gasteiger partial charge is 0.477 e. The summed E-state index contributed by atoms with van der Waals surface area (Å²) < 4.78 is 0. The molecule has 2 unspecified atom stereocenters. The fourth-order valence-corrected chi connectivity index (χ4v) is 6.69. The van der Waals surface area contributed by atoms with Gasteiger partial charge in [-0.2, -0.15) is 0 Å². The fraction of sp³-hybridized carbons (Fsp3) is 0.387. The molecule has 1 amide bonds. The van der Waals surface area contributed by atoms with Crippen LogP contribution in [0.15, 0.2) is 66.7 Å². The summed E-state index contributed by atoms with van der Waals surface area (Å²) in [5.41, 5.74) is 3.75. The number of carbonyl (C=O) groups excluding carboxylic acids is 1. The first-order valence-electron chi connectivity index (χ1n) is 13.2. The fourth-order valence-electron chi connectivity index (χ4n) is 6.69. The van der Waals surface area contributed by atoms with Crippen molar-refractivity contribution in [2.24, 2.45) is 17.8 Å². The van der Waals surface area contributed by atoms with Crippen molar-refractivity contribution >= 4 is 29.1 Å². The quantitative estimate of drug-likeness (QED) is 0.387. The van der Waals surface area contributed by atoms with Crippen molar-refractivity contribution < 1.29 is 14.7 Å². The van der Waals surface area contributed by atoms with Gasteiger partial charge in [0.2, 0.25) is 0 Å². The number of pyridine rings is 1. The minimum atomic E-state index is -1.08. The van der Waals surface area contributed by atoms with E-state index in [1.165, 1.54) is 43.7 Å². The Morgan fingerprint density at radius 3 is 2.22 bits per heavy atom. The van der Waals surface area contributed by atoms with Gasteiger partial charge in [0.15, 0.2) is 5.69 Å². The number of aromatic carboxylic acids is 1. The Hall–Kier alpha value is -3.67. The van der Waals surface area contributed by atoms with Gasteiger partial charge in [0, 0.05) is 24.0 Å². The van der Waals surface area contributed by atoms with Gasteiger partial charge in [-0.1, -0.05) is 32.0 Å². The molecule has 2 aliphatic rings. The number of carboxylic acids is 1. The molecule has 1 aromatic heterocycles. The Bertz CT molecular complexity index is 1270. The summed E-state index contributed by atoms with van der Waals surface area (Å²) in [6.45, 7) is 4.83. The maximum absolute atomic E-state index is 13.2. The molecule has 6 nitrogen and oxygen atoms in total. The van der Waals surface area contributed by atoms with Crippen LogP contribution < -0.4 is 10.2 Å². The topological polar surface area (TPSA) is 82.5 Å². The lowest BCUT2D eigenvalue weighted by molar-refractivity contribution is 0.0690. The highest BCUT2D eigenvalue weighted by Gasteiger charge is 2.41. The average Bonchev–Trinajstić information content (AvgIpc) is 2.87. The number of carboxylic acid groups (broad SMARTS) is 1. The Kier molecular flexibility index (Phi) is 6.76. The molecule has 37 heavy (non-hydrogen) atoms. The van der Waals surface area contributed by atoms with Gasteiger partial charge in [0.25, 0.3) is 5.91 Å². The van der Waals surface area contributed by atoms with Crippen LogP contribution in [0.5, 0.6) is 0 Å². The zero-order chi connectivity index (χ0) is 26.2.